The monoisotopic (exact) mass is 544 g/mol. The number of morpholine rings is 1. The van der Waals surface area contributed by atoms with Crippen molar-refractivity contribution in [2.75, 3.05) is 48.6 Å². The van der Waals surface area contributed by atoms with Crippen LogP contribution in [0.3, 0.4) is 0 Å². The van der Waals surface area contributed by atoms with Crippen LogP contribution in [0, 0.1) is 11.3 Å². The van der Waals surface area contributed by atoms with Crippen LogP contribution in [0.1, 0.15) is 24.1 Å². The van der Waals surface area contributed by atoms with E-state index in [1.807, 2.05) is 36.4 Å². The maximum absolute atomic E-state index is 9.83. The molecule has 0 radical (unpaired) electrons. The first kappa shape index (κ1) is 26.3. The molecule has 1 unspecified atom stereocenters. The average Bonchev–Trinajstić information content (AvgIpc) is 2.97. The number of fused-ring (bicyclic) bond motifs is 1. The number of nitriles is 1. The van der Waals surface area contributed by atoms with Crippen LogP contribution in [0.4, 0.5) is 11.4 Å². The van der Waals surface area contributed by atoms with Crippen LogP contribution < -0.4 is 10.0 Å². The predicted molar refractivity (Wildman–Crippen MR) is 157 cm³/mol. The first-order valence-electron chi connectivity index (χ1n) is 12.6. The molecule has 7 nitrogen and oxygen atoms in total. The van der Waals surface area contributed by atoms with Crippen LogP contribution in [0.2, 0.25) is 5.15 Å². The van der Waals surface area contributed by atoms with Gasteiger partial charge in [-0.15, -0.1) is 0 Å². The van der Waals surface area contributed by atoms with Crippen molar-refractivity contribution in [3.8, 4) is 17.2 Å². The summed E-state index contributed by atoms with van der Waals surface area (Å²) in [6.07, 6.45) is 3.40. The Morgan fingerprint density at radius 3 is 2.68 bits per heavy atom. The van der Waals surface area contributed by atoms with Gasteiger partial charge in [0, 0.05) is 54.8 Å². The van der Waals surface area contributed by atoms with Crippen LogP contribution in [0.15, 0.2) is 67.0 Å². The maximum Gasteiger partial charge on any atom is 0.152 e. The molecule has 3 heterocycles. The second-order valence-corrected chi connectivity index (χ2v) is 10.4. The summed E-state index contributed by atoms with van der Waals surface area (Å²) in [5.74, 6) is 0.924. The highest BCUT2D eigenvalue weighted by Gasteiger charge is 2.15. The summed E-state index contributed by atoms with van der Waals surface area (Å²) in [7, 11) is 0. The number of hydrogen-bond donors (Lipinski definition) is 2. The van der Waals surface area contributed by atoms with E-state index in [1.165, 1.54) is 0 Å². The zero-order chi connectivity index (χ0) is 26.3. The maximum atomic E-state index is 9.83. The molecule has 2 aromatic carbocycles. The molecule has 1 aliphatic heterocycles. The number of anilines is 2. The average molecular weight is 545 g/mol. The number of ether oxygens (including phenoxy) is 1. The third-order valence-electron chi connectivity index (χ3n) is 6.62. The summed E-state index contributed by atoms with van der Waals surface area (Å²) < 4.78 is 8.79. The fraction of sp³-hybridized carbons (Fsp3) is 0.276. The first-order valence-corrected chi connectivity index (χ1v) is 14.0. The van der Waals surface area contributed by atoms with Gasteiger partial charge in [0.2, 0.25) is 0 Å². The van der Waals surface area contributed by atoms with Crippen LogP contribution >= 0.6 is 23.5 Å². The van der Waals surface area contributed by atoms with E-state index in [0.717, 1.165) is 77.6 Å². The molecule has 38 heavy (non-hydrogen) atoms. The van der Waals surface area contributed by atoms with Crippen molar-refractivity contribution >= 4 is 45.8 Å². The van der Waals surface area contributed by atoms with Gasteiger partial charge in [-0.2, -0.15) is 5.26 Å². The van der Waals surface area contributed by atoms with Gasteiger partial charge in [-0.1, -0.05) is 59.9 Å². The largest absolute Gasteiger partial charge is 0.379 e. The Kier molecular flexibility index (Phi) is 8.61. The minimum atomic E-state index is 0.0139. The summed E-state index contributed by atoms with van der Waals surface area (Å²) in [5, 5.41) is 14.7. The minimum absolute atomic E-state index is 0.0139. The van der Waals surface area contributed by atoms with Crippen molar-refractivity contribution in [2.24, 2.45) is 0 Å². The number of rotatable bonds is 9. The Balaban J connectivity index is 1.38. The molecule has 194 valence electrons. The third kappa shape index (κ3) is 6.20. The van der Waals surface area contributed by atoms with Gasteiger partial charge in [0.15, 0.2) is 5.15 Å². The molecule has 0 aliphatic carbocycles. The molecule has 1 fully saturated rings. The minimum Gasteiger partial charge on any atom is -0.379 e. The molecule has 0 spiro atoms. The van der Waals surface area contributed by atoms with E-state index in [0.29, 0.717) is 10.7 Å². The number of nitrogens with one attached hydrogen (secondary N) is 2. The van der Waals surface area contributed by atoms with E-state index >= 15 is 0 Å². The predicted octanol–water partition coefficient (Wildman–Crippen LogP) is 6.39. The summed E-state index contributed by atoms with van der Waals surface area (Å²) >= 11 is 8.04. The zero-order valence-electron chi connectivity index (χ0n) is 21.2. The number of benzene rings is 2. The van der Waals surface area contributed by atoms with E-state index < -0.39 is 0 Å². The molecule has 1 saturated heterocycles. The second kappa shape index (κ2) is 12.5. The van der Waals surface area contributed by atoms with Gasteiger partial charge in [0.1, 0.15) is 6.07 Å². The van der Waals surface area contributed by atoms with Crippen molar-refractivity contribution in [3.05, 3.63) is 83.3 Å². The molecule has 5 rings (SSSR count). The van der Waals surface area contributed by atoms with Gasteiger partial charge in [0.05, 0.1) is 35.7 Å². The van der Waals surface area contributed by atoms with Gasteiger partial charge in [-0.3, -0.25) is 9.88 Å². The Morgan fingerprint density at radius 1 is 1.08 bits per heavy atom. The molecule has 0 bridgehead atoms. The highest BCUT2D eigenvalue weighted by Crippen LogP contribution is 2.34. The van der Waals surface area contributed by atoms with E-state index in [1.54, 1.807) is 24.3 Å². The molecular formula is C29H29ClN6OS. The Morgan fingerprint density at radius 2 is 1.89 bits per heavy atom. The summed E-state index contributed by atoms with van der Waals surface area (Å²) in [4.78, 5) is 11.3. The molecule has 1 aliphatic rings. The van der Waals surface area contributed by atoms with Crippen LogP contribution in [-0.2, 0) is 4.74 Å². The van der Waals surface area contributed by atoms with E-state index in [9.17, 15) is 5.26 Å². The zero-order valence-corrected chi connectivity index (χ0v) is 22.7. The number of pyridine rings is 2. The number of nitrogens with zero attached hydrogens (tertiary/aromatic N) is 4. The Hall–Kier alpha value is -3.35. The number of aromatic nitrogens is 2. The summed E-state index contributed by atoms with van der Waals surface area (Å²) in [6.45, 7) is 6.63. The lowest BCUT2D eigenvalue weighted by Crippen LogP contribution is -2.37. The lowest BCUT2D eigenvalue weighted by atomic mass is 10.0. The lowest BCUT2D eigenvalue weighted by Gasteiger charge is -2.26. The SMILES string of the molecule is CC(Nc1c(C#N)cnc2ccc(-c3cnc(Cl)c(NSCCN4CCOCC4)c3)cc12)c1ccccc1. The van der Waals surface area contributed by atoms with Gasteiger partial charge in [-0.25, -0.2) is 4.98 Å². The summed E-state index contributed by atoms with van der Waals surface area (Å²) in [6, 6.07) is 20.6. The fourth-order valence-corrected chi connectivity index (χ4v) is 5.43. The van der Waals surface area contributed by atoms with Crippen molar-refractivity contribution < 1.29 is 4.74 Å². The fourth-order valence-electron chi connectivity index (χ4n) is 4.46. The first-order chi connectivity index (χ1) is 18.6. The lowest BCUT2D eigenvalue weighted by molar-refractivity contribution is 0.0410. The Bertz CT molecular complexity index is 1440. The Labute approximate surface area is 232 Å². The highest BCUT2D eigenvalue weighted by molar-refractivity contribution is 8.00. The second-order valence-electron chi connectivity index (χ2n) is 9.13. The van der Waals surface area contributed by atoms with Gasteiger partial charge in [-0.05, 0) is 36.2 Å². The van der Waals surface area contributed by atoms with Crippen molar-refractivity contribution in [3.63, 3.8) is 0 Å². The molecule has 1 atom stereocenters. The number of halogens is 1. The van der Waals surface area contributed by atoms with Crippen LogP contribution in [0.5, 0.6) is 0 Å². The quantitative estimate of drug-likeness (QED) is 0.142. The van der Waals surface area contributed by atoms with Crippen LogP contribution in [-0.4, -0.2) is 53.5 Å². The topological polar surface area (TPSA) is 86.1 Å². The number of hydrogen-bond acceptors (Lipinski definition) is 8. The summed E-state index contributed by atoms with van der Waals surface area (Å²) in [5.41, 5.74) is 5.90. The normalized spacial score (nSPS) is 14.7. The molecule has 4 aromatic rings. The van der Waals surface area contributed by atoms with Crippen LogP contribution in [0.25, 0.3) is 22.0 Å². The van der Waals surface area contributed by atoms with Gasteiger partial charge in [0.25, 0.3) is 0 Å². The molecule has 0 saturated carbocycles. The van der Waals surface area contributed by atoms with E-state index in [-0.39, 0.29) is 6.04 Å². The molecule has 2 aromatic heterocycles. The molecule has 2 N–H and O–H groups in total. The van der Waals surface area contributed by atoms with Gasteiger partial charge >= 0.3 is 0 Å². The molecular weight excluding hydrogens is 516 g/mol. The molecule has 0 amide bonds. The van der Waals surface area contributed by atoms with E-state index in [2.05, 4.69) is 56.1 Å². The highest BCUT2D eigenvalue weighted by atomic mass is 35.5. The van der Waals surface area contributed by atoms with Crippen molar-refractivity contribution in [1.82, 2.24) is 14.9 Å². The third-order valence-corrected chi connectivity index (χ3v) is 7.67. The van der Waals surface area contributed by atoms with Gasteiger partial charge < -0.3 is 14.8 Å². The molecule has 9 heteroatoms. The standard InChI is InChI=1S/C29H29ClN6OS/c1-20(21-5-3-2-4-6-21)34-28-24(17-31)19-32-26-8-7-22(15-25(26)28)23-16-27(29(30)33-18-23)35-38-14-11-36-9-12-37-13-10-36/h2-8,15-16,18-20,35H,9-14H2,1H3,(H,32,34). The van der Waals surface area contributed by atoms with Crippen molar-refractivity contribution in [1.29, 1.82) is 5.26 Å². The van der Waals surface area contributed by atoms with Crippen molar-refractivity contribution in [2.45, 2.75) is 13.0 Å². The smallest absolute Gasteiger partial charge is 0.152 e. The van der Waals surface area contributed by atoms with E-state index in [4.69, 9.17) is 16.3 Å².